The first-order valence-electron chi connectivity index (χ1n) is 5.75. The van der Waals surface area contributed by atoms with Crippen molar-refractivity contribution in [2.75, 3.05) is 7.11 Å². The van der Waals surface area contributed by atoms with E-state index in [2.05, 4.69) is 0 Å². The van der Waals surface area contributed by atoms with Crippen molar-refractivity contribution < 1.29 is 24.1 Å². The van der Waals surface area contributed by atoms with E-state index in [0.29, 0.717) is 24.2 Å². The molecule has 0 saturated heterocycles. The molecule has 4 nitrogen and oxygen atoms in total. The van der Waals surface area contributed by atoms with Crippen molar-refractivity contribution in [3.63, 3.8) is 0 Å². The van der Waals surface area contributed by atoms with E-state index < -0.39 is 17.7 Å². The minimum atomic E-state index is -2.33. The SMILES string of the molecule is COc1ccc2c(c1)C(O)(C(F)C(=O)O)CCC2. The van der Waals surface area contributed by atoms with Crippen molar-refractivity contribution in [2.24, 2.45) is 0 Å². The second kappa shape index (κ2) is 4.57. The number of fused-ring (bicyclic) bond motifs is 1. The van der Waals surface area contributed by atoms with Crippen LogP contribution in [0.2, 0.25) is 0 Å². The Labute approximate surface area is 104 Å². The molecule has 0 radical (unpaired) electrons. The zero-order valence-corrected chi connectivity index (χ0v) is 10.0. The summed E-state index contributed by atoms with van der Waals surface area (Å²) in [6, 6.07) is 4.98. The van der Waals surface area contributed by atoms with Crippen LogP contribution in [-0.2, 0) is 16.8 Å². The highest BCUT2D eigenvalue weighted by Gasteiger charge is 2.46. The number of aryl methyl sites for hydroxylation is 1. The molecular weight excluding hydrogens is 239 g/mol. The van der Waals surface area contributed by atoms with Gasteiger partial charge >= 0.3 is 5.97 Å². The highest BCUT2D eigenvalue weighted by Crippen LogP contribution is 2.40. The molecule has 2 N–H and O–H groups in total. The number of alkyl halides is 1. The fourth-order valence-corrected chi connectivity index (χ4v) is 2.45. The van der Waals surface area contributed by atoms with Crippen LogP contribution >= 0.6 is 0 Å². The largest absolute Gasteiger partial charge is 0.497 e. The highest BCUT2D eigenvalue weighted by molar-refractivity contribution is 5.74. The standard InChI is InChI=1S/C13H15FO4/c1-18-9-5-4-8-3-2-6-13(17,10(8)7-9)11(14)12(15)16/h4-5,7,11,17H,2-3,6H2,1H3,(H,15,16). The zero-order chi connectivity index (χ0) is 13.3. The molecule has 1 aliphatic carbocycles. The lowest BCUT2D eigenvalue weighted by Crippen LogP contribution is -2.44. The van der Waals surface area contributed by atoms with Gasteiger partial charge in [0.1, 0.15) is 11.4 Å². The molecule has 0 aliphatic heterocycles. The molecule has 0 spiro atoms. The van der Waals surface area contributed by atoms with Gasteiger partial charge in [-0.15, -0.1) is 0 Å². The van der Waals surface area contributed by atoms with Crippen LogP contribution in [0.1, 0.15) is 24.0 Å². The van der Waals surface area contributed by atoms with E-state index in [4.69, 9.17) is 9.84 Å². The molecule has 0 amide bonds. The Morgan fingerprint density at radius 3 is 2.89 bits per heavy atom. The number of benzene rings is 1. The summed E-state index contributed by atoms with van der Waals surface area (Å²) in [4.78, 5) is 10.8. The number of carboxylic acids is 1. The van der Waals surface area contributed by atoms with Crippen LogP contribution in [0.25, 0.3) is 0 Å². The molecule has 1 aliphatic rings. The van der Waals surface area contributed by atoms with Crippen molar-refractivity contribution in [3.05, 3.63) is 29.3 Å². The van der Waals surface area contributed by atoms with E-state index in [0.717, 1.165) is 5.56 Å². The van der Waals surface area contributed by atoms with Gasteiger partial charge in [-0.25, -0.2) is 9.18 Å². The smallest absolute Gasteiger partial charge is 0.341 e. The van der Waals surface area contributed by atoms with Gasteiger partial charge in [0.05, 0.1) is 7.11 Å². The summed E-state index contributed by atoms with van der Waals surface area (Å²) in [6.45, 7) is 0. The summed E-state index contributed by atoms with van der Waals surface area (Å²) in [5.74, 6) is -1.17. The quantitative estimate of drug-likeness (QED) is 0.860. The monoisotopic (exact) mass is 254 g/mol. The maximum Gasteiger partial charge on any atom is 0.341 e. The number of rotatable bonds is 3. The van der Waals surface area contributed by atoms with Gasteiger partial charge in [-0.1, -0.05) is 6.07 Å². The van der Waals surface area contributed by atoms with E-state index in [1.807, 2.05) is 0 Å². The summed E-state index contributed by atoms with van der Waals surface area (Å²) in [6.07, 6.45) is -0.971. The van der Waals surface area contributed by atoms with E-state index >= 15 is 0 Å². The van der Waals surface area contributed by atoms with Crippen molar-refractivity contribution in [1.29, 1.82) is 0 Å². The second-order valence-electron chi connectivity index (χ2n) is 4.50. The first-order chi connectivity index (χ1) is 8.49. The first kappa shape index (κ1) is 12.8. The number of hydrogen-bond donors (Lipinski definition) is 2. The van der Waals surface area contributed by atoms with E-state index in [9.17, 15) is 14.3 Å². The van der Waals surface area contributed by atoms with Gasteiger partial charge in [-0.3, -0.25) is 0 Å². The van der Waals surface area contributed by atoms with E-state index in [1.165, 1.54) is 13.2 Å². The number of aliphatic hydroxyl groups is 1. The van der Waals surface area contributed by atoms with Crippen LogP contribution in [0.3, 0.4) is 0 Å². The van der Waals surface area contributed by atoms with Crippen molar-refractivity contribution >= 4 is 5.97 Å². The lowest BCUT2D eigenvalue weighted by molar-refractivity contribution is -0.156. The molecule has 18 heavy (non-hydrogen) atoms. The van der Waals surface area contributed by atoms with Crippen molar-refractivity contribution in [1.82, 2.24) is 0 Å². The zero-order valence-electron chi connectivity index (χ0n) is 10.0. The number of methoxy groups -OCH3 is 1. The Kier molecular flexibility index (Phi) is 3.26. The van der Waals surface area contributed by atoms with Crippen LogP contribution in [0.15, 0.2) is 18.2 Å². The predicted molar refractivity (Wildman–Crippen MR) is 62.4 cm³/mol. The molecule has 1 aromatic rings. The summed E-state index contributed by atoms with van der Waals surface area (Å²) in [5, 5.41) is 19.2. The minimum Gasteiger partial charge on any atom is -0.497 e. The van der Waals surface area contributed by atoms with Gasteiger partial charge in [0.15, 0.2) is 0 Å². The average Bonchev–Trinajstić information content (AvgIpc) is 2.37. The van der Waals surface area contributed by atoms with Crippen LogP contribution in [0, 0.1) is 0 Å². The summed E-state index contributed by atoms with van der Waals surface area (Å²) >= 11 is 0. The average molecular weight is 254 g/mol. The third-order valence-electron chi connectivity index (χ3n) is 3.42. The molecule has 0 aromatic heterocycles. The molecule has 5 heteroatoms. The van der Waals surface area contributed by atoms with Crippen molar-refractivity contribution in [2.45, 2.75) is 31.0 Å². The first-order valence-corrected chi connectivity index (χ1v) is 5.75. The lowest BCUT2D eigenvalue weighted by atomic mass is 9.76. The number of aliphatic carboxylic acids is 1. The van der Waals surface area contributed by atoms with E-state index in [-0.39, 0.29) is 6.42 Å². The lowest BCUT2D eigenvalue weighted by Gasteiger charge is -2.35. The maximum absolute atomic E-state index is 13.8. The van der Waals surface area contributed by atoms with E-state index in [1.54, 1.807) is 12.1 Å². The minimum absolute atomic E-state index is 0.0979. The fraction of sp³-hybridized carbons (Fsp3) is 0.462. The number of halogens is 1. The Bertz CT molecular complexity index is 474. The highest BCUT2D eigenvalue weighted by atomic mass is 19.1. The third-order valence-corrected chi connectivity index (χ3v) is 3.42. The topological polar surface area (TPSA) is 66.8 Å². The second-order valence-corrected chi connectivity index (χ2v) is 4.50. The molecule has 2 atom stereocenters. The van der Waals surface area contributed by atoms with Gasteiger partial charge in [-0.05, 0) is 42.5 Å². The van der Waals surface area contributed by atoms with Crippen LogP contribution in [0.4, 0.5) is 4.39 Å². The summed E-state index contributed by atoms with van der Waals surface area (Å²) in [7, 11) is 1.47. The van der Waals surface area contributed by atoms with Gasteiger partial charge < -0.3 is 14.9 Å². The Balaban J connectivity index is 2.51. The molecule has 98 valence electrons. The van der Waals surface area contributed by atoms with Gasteiger partial charge in [0, 0.05) is 0 Å². The van der Waals surface area contributed by atoms with Crippen molar-refractivity contribution in [3.8, 4) is 5.75 Å². The number of carboxylic acid groups (broad SMARTS) is 1. The number of carbonyl (C=O) groups is 1. The van der Waals surface area contributed by atoms with Gasteiger partial charge in [0.2, 0.25) is 6.17 Å². The molecular formula is C13H15FO4. The van der Waals surface area contributed by atoms with Gasteiger partial charge in [0.25, 0.3) is 0 Å². The molecule has 2 unspecified atom stereocenters. The van der Waals surface area contributed by atoms with Crippen LogP contribution in [-0.4, -0.2) is 29.5 Å². The number of hydrogen-bond acceptors (Lipinski definition) is 3. The molecule has 1 aromatic carbocycles. The molecule has 0 fully saturated rings. The summed E-state index contributed by atoms with van der Waals surface area (Å²) in [5.41, 5.74) is -0.870. The molecule has 0 saturated carbocycles. The van der Waals surface area contributed by atoms with Crippen LogP contribution < -0.4 is 4.74 Å². The Morgan fingerprint density at radius 2 is 2.28 bits per heavy atom. The number of ether oxygens (including phenoxy) is 1. The molecule has 0 bridgehead atoms. The van der Waals surface area contributed by atoms with Gasteiger partial charge in [-0.2, -0.15) is 0 Å². The van der Waals surface area contributed by atoms with Crippen LogP contribution in [0.5, 0.6) is 5.75 Å². The molecule has 0 heterocycles. The normalized spacial score (nSPS) is 24.2. The predicted octanol–water partition coefficient (Wildman–Crippen LogP) is 1.64. The Morgan fingerprint density at radius 1 is 1.56 bits per heavy atom. The summed E-state index contributed by atoms with van der Waals surface area (Å²) < 4.78 is 18.9. The maximum atomic E-state index is 13.8. The molecule has 2 rings (SSSR count). The fourth-order valence-electron chi connectivity index (χ4n) is 2.45. The third kappa shape index (κ3) is 1.95. The Hall–Kier alpha value is -1.62.